The van der Waals surface area contributed by atoms with Crippen molar-refractivity contribution in [3.63, 3.8) is 0 Å². The lowest BCUT2D eigenvalue weighted by Crippen LogP contribution is -2.25. The van der Waals surface area contributed by atoms with E-state index in [4.69, 9.17) is 0 Å². The van der Waals surface area contributed by atoms with Crippen LogP contribution >= 0.6 is 0 Å². The topological polar surface area (TPSA) is 41.0 Å². The average molecular weight is 298 g/mol. The van der Waals surface area contributed by atoms with Crippen LogP contribution in [0.3, 0.4) is 0 Å². The molecule has 1 aromatic carbocycles. The Kier molecular flexibility index (Phi) is 5.75. The van der Waals surface area contributed by atoms with E-state index in [1.807, 2.05) is 6.07 Å². The highest BCUT2D eigenvalue weighted by atomic mass is 15.2. The van der Waals surface area contributed by atoms with Crippen LogP contribution < -0.4 is 10.2 Å². The molecule has 118 valence electrons. The van der Waals surface area contributed by atoms with Gasteiger partial charge in [0.05, 0.1) is 0 Å². The number of hydrogen-bond acceptors (Lipinski definition) is 4. The molecule has 22 heavy (non-hydrogen) atoms. The normalized spacial score (nSPS) is 10.5. The van der Waals surface area contributed by atoms with Crippen LogP contribution in [0.25, 0.3) is 0 Å². The van der Waals surface area contributed by atoms with Gasteiger partial charge in [-0.25, -0.2) is 9.97 Å². The van der Waals surface area contributed by atoms with Gasteiger partial charge in [-0.1, -0.05) is 19.9 Å². The first-order valence-electron chi connectivity index (χ1n) is 8.05. The molecule has 0 saturated heterocycles. The molecule has 0 aliphatic carbocycles. The molecule has 1 heterocycles. The summed E-state index contributed by atoms with van der Waals surface area (Å²) in [6.07, 6.45) is 3.87. The number of nitrogens with one attached hydrogen (secondary N) is 1. The molecule has 0 bridgehead atoms. The summed E-state index contributed by atoms with van der Waals surface area (Å²) < 4.78 is 0. The van der Waals surface area contributed by atoms with Crippen LogP contribution in [0.5, 0.6) is 0 Å². The number of nitrogens with zero attached hydrogens (tertiary/aromatic N) is 3. The van der Waals surface area contributed by atoms with Crippen LogP contribution in [0.4, 0.5) is 17.3 Å². The monoisotopic (exact) mass is 298 g/mol. The van der Waals surface area contributed by atoms with Crippen LogP contribution in [-0.2, 0) is 0 Å². The summed E-state index contributed by atoms with van der Waals surface area (Å²) in [7, 11) is 0. The average Bonchev–Trinajstić information content (AvgIpc) is 2.51. The Morgan fingerprint density at radius 1 is 0.955 bits per heavy atom. The second kappa shape index (κ2) is 7.78. The lowest BCUT2D eigenvalue weighted by molar-refractivity contribution is 0.733. The first-order valence-corrected chi connectivity index (χ1v) is 8.05. The standard InChI is InChI=1S/C18H26N4/c1-5-9-22(10-6-2)18-12-17(19-13-20-18)21-16-8-7-14(3)15(4)11-16/h7-8,11-13H,5-6,9-10H2,1-4H3,(H,19,20,21). The van der Waals surface area contributed by atoms with Crippen molar-refractivity contribution in [3.05, 3.63) is 41.7 Å². The van der Waals surface area contributed by atoms with Gasteiger partial charge in [-0.05, 0) is 49.9 Å². The fourth-order valence-electron chi connectivity index (χ4n) is 2.44. The summed E-state index contributed by atoms with van der Waals surface area (Å²) in [5, 5.41) is 3.37. The highest BCUT2D eigenvalue weighted by Crippen LogP contribution is 2.21. The number of aryl methyl sites for hydroxylation is 2. The maximum Gasteiger partial charge on any atom is 0.135 e. The van der Waals surface area contributed by atoms with E-state index in [0.29, 0.717) is 0 Å². The molecule has 0 aliphatic heterocycles. The Morgan fingerprint density at radius 3 is 2.32 bits per heavy atom. The zero-order valence-corrected chi connectivity index (χ0v) is 14.1. The molecule has 4 nitrogen and oxygen atoms in total. The second-order valence-corrected chi connectivity index (χ2v) is 5.67. The van der Waals surface area contributed by atoms with Gasteiger partial charge in [-0.3, -0.25) is 0 Å². The van der Waals surface area contributed by atoms with Crippen LogP contribution in [0.15, 0.2) is 30.6 Å². The summed E-state index contributed by atoms with van der Waals surface area (Å²) >= 11 is 0. The van der Waals surface area contributed by atoms with Gasteiger partial charge in [0, 0.05) is 24.8 Å². The van der Waals surface area contributed by atoms with Gasteiger partial charge in [-0.15, -0.1) is 0 Å². The third kappa shape index (κ3) is 4.20. The zero-order valence-electron chi connectivity index (χ0n) is 14.1. The quantitative estimate of drug-likeness (QED) is 0.819. The summed E-state index contributed by atoms with van der Waals surface area (Å²) in [6, 6.07) is 8.38. The predicted octanol–water partition coefficient (Wildman–Crippen LogP) is 4.46. The molecule has 0 amide bonds. The largest absolute Gasteiger partial charge is 0.356 e. The molecule has 2 aromatic rings. The van der Waals surface area contributed by atoms with Crippen molar-refractivity contribution >= 4 is 17.3 Å². The van der Waals surface area contributed by atoms with Crippen molar-refractivity contribution in [2.75, 3.05) is 23.3 Å². The van der Waals surface area contributed by atoms with Gasteiger partial charge >= 0.3 is 0 Å². The van der Waals surface area contributed by atoms with Crippen LogP contribution in [-0.4, -0.2) is 23.1 Å². The molecule has 1 aromatic heterocycles. The van der Waals surface area contributed by atoms with Crippen molar-refractivity contribution in [2.24, 2.45) is 0 Å². The molecule has 0 spiro atoms. The Bertz CT molecular complexity index is 604. The van der Waals surface area contributed by atoms with E-state index >= 15 is 0 Å². The van der Waals surface area contributed by atoms with Gasteiger partial charge in [0.25, 0.3) is 0 Å². The fourth-order valence-corrected chi connectivity index (χ4v) is 2.44. The summed E-state index contributed by atoms with van der Waals surface area (Å²) in [6.45, 7) is 10.7. The minimum atomic E-state index is 0.838. The Hall–Kier alpha value is -2.10. The molecule has 0 radical (unpaired) electrons. The maximum atomic E-state index is 4.43. The van der Waals surface area contributed by atoms with Gasteiger partial charge < -0.3 is 10.2 Å². The second-order valence-electron chi connectivity index (χ2n) is 5.67. The Balaban J connectivity index is 2.18. The molecule has 0 unspecified atom stereocenters. The summed E-state index contributed by atoms with van der Waals surface area (Å²) in [5.74, 6) is 1.83. The molecule has 0 aliphatic rings. The third-order valence-corrected chi connectivity index (χ3v) is 3.74. The van der Waals surface area contributed by atoms with Crippen molar-refractivity contribution in [1.82, 2.24) is 9.97 Å². The van der Waals surface area contributed by atoms with Crippen LogP contribution in [0.2, 0.25) is 0 Å². The number of rotatable bonds is 7. The maximum absolute atomic E-state index is 4.43. The van der Waals surface area contributed by atoms with Crippen LogP contribution in [0.1, 0.15) is 37.8 Å². The molecule has 0 saturated carbocycles. The molecule has 0 atom stereocenters. The van der Waals surface area contributed by atoms with E-state index in [1.165, 1.54) is 11.1 Å². The van der Waals surface area contributed by atoms with E-state index in [2.05, 4.69) is 66.1 Å². The highest BCUT2D eigenvalue weighted by Gasteiger charge is 2.07. The molecular formula is C18H26N4. The molecule has 4 heteroatoms. The molecule has 2 rings (SSSR count). The van der Waals surface area contributed by atoms with Gasteiger partial charge in [0.1, 0.15) is 18.0 Å². The van der Waals surface area contributed by atoms with Gasteiger partial charge in [0.2, 0.25) is 0 Å². The summed E-state index contributed by atoms with van der Waals surface area (Å²) in [5.41, 5.74) is 3.63. The number of aromatic nitrogens is 2. The van der Waals surface area contributed by atoms with Gasteiger partial charge in [0.15, 0.2) is 0 Å². The zero-order chi connectivity index (χ0) is 15.9. The SMILES string of the molecule is CCCN(CCC)c1cc(Nc2ccc(C)c(C)c2)ncn1. The molecule has 1 N–H and O–H groups in total. The Morgan fingerprint density at radius 2 is 1.68 bits per heavy atom. The summed E-state index contributed by atoms with van der Waals surface area (Å²) in [4.78, 5) is 11.1. The van der Waals surface area contributed by atoms with E-state index in [9.17, 15) is 0 Å². The van der Waals surface area contributed by atoms with Crippen molar-refractivity contribution in [1.29, 1.82) is 0 Å². The van der Waals surface area contributed by atoms with Crippen molar-refractivity contribution < 1.29 is 0 Å². The first kappa shape index (κ1) is 16.3. The van der Waals surface area contributed by atoms with E-state index in [-0.39, 0.29) is 0 Å². The van der Waals surface area contributed by atoms with E-state index in [0.717, 1.165) is 43.3 Å². The van der Waals surface area contributed by atoms with Crippen molar-refractivity contribution in [3.8, 4) is 0 Å². The van der Waals surface area contributed by atoms with Gasteiger partial charge in [-0.2, -0.15) is 0 Å². The molecule has 0 fully saturated rings. The molecular weight excluding hydrogens is 272 g/mol. The first-order chi connectivity index (χ1) is 10.6. The fraction of sp³-hybridized carbons (Fsp3) is 0.444. The predicted molar refractivity (Wildman–Crippen MR) is 94.0 cm³/mol. The van der Waals surface area contributed by atoms with E-state index < -0.39 is 0 Å². The number of benzene rings is 1. The smallest absolute Gasteiger partial charge is 0.135 e. The number of anilines is 3. The lowest BCUT2D eigenvalue weighted by atomic mass is 10.1. The third-order valence-electron chi connectivity index (χ3n) is 3.74. The van der Waals surface area contributed by atoms with Crippen molar-refractivity contribution in [2.45, 2.75) is 40.5 Å². The van der Waals surface area contributed by atoms with Crippen LogP contribution in [0, 0.1) is 13.8 Å². The lowest BCUT2D eigenvalue weighted by Gasteiger charge is -2.22. The minimum Gasteiger partial charge on any atom is -0.356 e. The number of hydrogen-bond donors (Lipinski definition) is 1. The van der Waals surface area contributed by atoms with E-state index in [1.54, 1.807) is 6.33 Å². The highest BCUT2D eigenvalue weighted by molar-refractivity contribution is 5.60. The minimum absolute atomic E-state index is 0.838. The Labute approximate surface area is 133 Å².